The molecule has 11 heteroatoms. The summed E-state index contributed by atoms with van der Waals surface area (Å²) in [6.07, 6.45) is 1.42. The molecule has 7 nitrogen and oxygen atoms in total. The summed E-state index contributed by atoms with van der Waals surface area (Å²) in [7, 11) is 0.148. The lowest BCUT2D eigenvalue weighted by atomic mass is 9.97. The molecule has 0 N–H and O–H groups in total. The van der Waals surface area contributed by atoms with Crippen molar-refractivity contribution in [3.63, 3.8) is 0 Å². The molecule has 2 aromatic heterocycles. The van der Waals surface area contributed by atoms with E-state index in [1.807, 2.05) is 25.7 Å². The van der Waals surface area contributed by atoms with E-state index in [-0.39, 0.29) is 23.2 Å². The summed E-state index contributed by atoms with van der Waals surface area (Å²) in [6, 6.07) is 0.226. The van der Waals surface area contributed by atoms with Crippen LogP contribution in [-0.2, 0) is 9.16 Å². The van der Waals surface area contributed by atoms with Gasteiger partial charge in [0, 0.05) is 19.6 Å². The highest BCUT2D eigenvalue weighted by Gasteiger charge is 2.41. The van der Waals surface area contributed by atoms with Crippen molar-refractivity contribution in [1.29, 1.82) is 0 Å². The van der Waals surface area contributed by atoms with E-state index < -0.39 is 13.9 Å². The Bertz CT molecular complexity index is 951. The molecule has 1 amide bonds. The third kappa shape index (κ3) is 6.48. The van der Waals surface area contributed by atoms with Crippen molar-refractivity contribution in [2.75, 3.05) is 25.1 Å². The van der Waals surface area contributed by atoms with Gasteiger partial charge < -0.3 is 19.0 Å². The number of aromatic nitrogens is 2. The zero-order valence-corrected chi connectivity index (χ0v) is 25.4. The van der Waals surface area contributed by atoms with E-state index in [4.69, 9.17) is 14.1 Å². The zero-order valence-electron chi connectivity index (χ0n) is 21.2. The number of piperidine rings is 1. The van der Waals surface area contributed by atoms with Gasteiger partial charge in [-0.2, -0.15) is 0 Å². The molecule has 0 spiro atoms. The summed E-state index contributed by atoms with van der Waals surface area (Å²) in [5.74, 6) is 0. The quantitative estimate of drug-likeness (QED) is 0.367. The molecule has 2 atom stereocenters. The Labute approximate surface area is 215 Å². The minimum atomic E-state index is -1.95. The molecule has 0 aliphatic carbocycles. The van der Waals surface area contributed by atoms with Crippen LogP contribution in [0.5, 0.6) is 0 Å². The number of likely N-dealkylation sites (tertiary alicyclic amines) is 1. The fourth-order valence-corrected chi connectivity index (χ4v) is 7.13. The highest BCUT2D eigenvalue weighted by atomic mass is 79.9. The number of fused-ring (bicyclic) bond motifs is 1. The van der Waals surface area contributed by atoms with Crippen LogP contribution in [0.4, 0.5) is 9.93 Å². The molecule has 2 aromatic rings. The molecule has 1 saturated heterocycles. The van der Waals surface area contributed by atoms with Gasteiger partial charge in [-0.3, -0.25) is 0 Å². The second-order valence-electron chi connectivity index (χ2n) is 11.3. The lowest BCUT2D eigenvalue weighted by Gasteiger charge is -2.44. The maximum atomic E-state index is 13.0. The van der Waals surface area contributed by atoms with Crippen molar-refractivity contribution in [3.05, 3.63) is 3.92 Å². The van der Waals surface area contributed by atoms with Crippen LogP contribution in [0.3, 0.4) is 0 Å². The Balaban J connectivity index is 1.77. The minimum absolute atomic E-state index is 0.0384. The molecule has 0 radical (unpaired) electrons. The van der Waals surface area contributed by atoms with E-state index in [0.717, 1.165) is 31.6 Å². The molecular weight excluding hydrogens is 540 g/mol. The Kier molecular flexibility index (Phi) is 7.90. The third-order valence-electron chi connectivity index (χ3n) is 6.55. The Morgan fingerprint density at radius 1 is 1.18 bits per heavy atom. The van der Waals surface area contributed by atoms with Gasteiger partial charge >= 0.3 is 6.09 Å². The van der Waals surface area contributed by atoms with Crippen molar-refractivity contribution in [1.82, 2.24) is 14.9 Å². The molecule has 3 heterocycles. The molecule has 0 saturated carbocycles. The molecule has 33 heavy (non-hydrogen) atoms. The average Bonchev–Trinajstić information content (AvgIpc) is 3.20. The second-order valence-corrected chi connectivity index (χ2v) is 19.3. The minimum Gasteiger partial charge on any atom is -0.444 e. The van der Waals surface area contributed by atoms with Crippen LogP contribution in [0.1, 0.15) is 54.4 Å². The van der Waals surface area contributed by atoms with E-state index in [1.54, 1.807) is 22.7 Å². The van der Waals surface area contributed by atoms with Crippen LogP contribution >= 0.6 is 38.6 Å². The number of anilines is 1. The van der Waals surface area contributed by atoms with Crippen molar-refractivity contribution >= 4 is 67.8 Å². The predicted octanol–water partition coefficient (Wildman–Crippen LogP) is 6.74. The fourth-order valence-electron chi connectivity index (χ4n) is 3.54. The molecule has 0 aromatic carbocycles. The average molecular weight is 578 g/mol. The summed E-state index contributed by atoms with van der Waals surface area (Å²) in [6.45, 7) is 18.1. The fraction of sp³-hybridized carbons (Fsp3) is 0.773. The number of halogens is 1. The van der Waals surface area contributed by atoms with Gasteiger partial charge in [-0.1, -0.05) is 43.4 Å². The SMILES string of the molecule is CN(c1nc2sc(Br)nc2s1)[C@H]1CCN(C(=O)OC(C)(C)C)[C@@H](CO[Si](C)(C)C(C)(C)C)C1. The summed E-state index contributed by atoms with van der Waals surface area (Å²) in [4.78, 5) is 28.4. The van der Waals surface area contributed by atoms with Crippen molar-refractivity contribution < 1.29 is 14.0 Å². The first kappa shape index (κ1) is 26.8. The van der Waals surface area contributed by atoms with Crippen LogP contribution in [-0.4, -0.2) is 67.2 Å². The van der Waals surface area contributed by atoms with Gasteiger partial charge in [0.2, 0.25) is 0 Å². The molecule has 186 valence electrons. The predicted molar refractivity (Wildman–Crippen MR) is 144 cm³/mol. The van der Waals surface area contributed by atoms with Crippen molar-refractivity contribution in [2.45, 2.75) is 90.2 Å². The molecule has 0 bridgehead atoms. The number of hydrogen-bond donors (Lipinski definition) is 0. The molecule has 1 fully saturated rings. The van der Waals surface area contributed by atoms with E-state index >= 15 is 0 Å². The normalized spacial score (nSPS) is 20.4. The number of carbonyl (C=O) groups excluding carboxylic acids is 1. The van der Waals surface area contributed by atoms with Crippen molar-refractivity contribution in [2.24, 2.45) is 0 Å². The zero-order chi connectivity index (χ0) is 24.8. The largest absolute Gasteiger partial charge is 0.444 e. The first-order valence-corrected chi connectivity index (χ1v) is 16.7. The lowest BCUT2D eigenvalue weighted by Crippen LogP contribution is -2.55. The Morgan fingerprint density at radius 3 is 2.39 bits per heavy atom. The van der Waals surface area contributed by atoms with E-state index in [1.165, 1.54) is 0 Å². The highest BCUT2D eigenvalue weighted by Crippen LogP contribution is 2.38. The number of nitrogens with zero attached hydrogens (tertiary/aromatic N) is 4. The van der Waals surface area contributed by atoms with Gasteiger partial charge in [0.15, 0.2) is 27.0 Å². The molecule has 1 aliphatic rings. The van der Waals surface area contributed by atoms with E-state index in [0.29, 0.717) is 13.2 Å². The molecule has 3 rings (SSSR count). The van der Waals surface area contributed by atoms with Crippen LogP contribution in [0.2, 0.25) is 18.1 Å². The van der Waals surface area contributed by atoms with Gasteiger partial charge in [-0.25, -0.2) is 14.8 Å². The van der Waals surface area contributed by atoms with Crippen molar-refractivity contribution in [3.8, 4) is 0 Å². The van der Waals surface area contributed by atoms with E-state index in [9.17, 15) is 4.79 Å². The maximum Gasteiger partial charge on any atom is 0.410 e. The third-order valence-corrected chi connectivity index (χ3v) is 13.6. The Morgan fingerprint density at radius 2 is 1.82 bits per heavy atom. The van der Waals surface area contributed by atoms with E-state index in [2.05, 4.69) is 66.7 Å². The number of hydrogen-bond acceptors (Lipinski definition) is 8. The number of amides is 1. The molecule has 0 unspecified atom stereocenters. The van der Waals surface area contributed by atoms with Crippen LogP contribution in [0.15, 0.2) is 3.92 Å². The summed E-state index contributed by atoms with van der Waals surface area (Å²) in [5, 5.41) is 1.08. The van der Waals surface area contributed by atoms with Gasteiger partial charge in [-0.05, 0) is 67.7 Å². The van der Waals surface area contributed by atoms with Crippen LogP contribution < -0.4 is 4.90 Å². The number of carbonyl (C=O) groups is 1. The number of thiazole rings is 2. The molecular formula is C22H37BrN4O3S2Si. The van der Waals surface area contributed by atoms with Crippen LogP contribution in [0, 0.1) is 0 Å². The molecule has 1 aliphatic heterocycles. The topological polar surface area (TPSA) is 67.8 Å². The summed E-state index contributed by atoms with van der Waals surface area (Å²) in [5.41, 5.74) is -0.524. The van der Waals surface area contributed by atoms with Gasteiger partial charge in [-0.15, -0.1) is 0 Å². The smallest absolute Gasteiger partial charge is 0.410 e. The Hall–Kier alpha value is -0.753. The van der Waals surface area contributed by atoms with Gasteiger partial charge in [0.25, 0.3) is 0 Å². The first-order valence-electron chi connectivity index (χ1n) is 11.4. The first-order chi connectivity index (χ1) is 15.1. The standard InChI is InChI=1S/C22H37BrN4O3S2Si/c1-21(2,3)30-20(28)27-11-10-14(12-15(27)13-29-33(8,9)22(4,5)6)26(7)19-25-17-16(32-19)24-18(23)31-17/h14-15H,10-13H2,1-9H3/t14-,15+/m0/s1. The second kappa shape index (κ2) is 9.71. The highest BCUT2D eigenvalue weighted by molar-refractivity contribution is 9.11. The number of rotatable bonds is 5. The van der Waals surface area contributed by atoms with Gasteiger partial charge in [0.05, 0.1) is 12.6 Å². The summed E-state index contributed by atoms with van der Waals surface area (Å²) < 4.78 is 13.2. The number of ether oxygens (including phenoxy) is 1. The monoisotopic (exact) mass is 576 g/mol. The van der Waals surface area contributed by atoms with Crippen LogP contribution in [0.25, 0.3) is 9.66 Å². The lowest BCUT2D eigenvalue weighted by molar-refractivity contribution is 0.000678. The summed E-state index contributed by atoms with van der Waals surface area (Å²) >= 11 is 6.60. The van der Waals surface area contributed by atoms with Gasteiger partial charge in [0.1, 0.15) is 5.60 Å². The maximum absolute atomic E-state index is 13.0.